The van der Waals surface area contributed by atoms with Crippen LogP contribution in [0.2, 0.25) is 13.1 Å². The minimum absolute atomic E-state index is 0.0249. The Balaban J connectivity index is 1.68. The van der Waals surface area contributed by atoms with Gasteiger partial charge in [0.1, 0.15) is 12.7 Å². The minimum Gasteiger partial charge on any atom is -0.445 e. The van der Waals surface area contributed by atoms with Crippen LogP contribution in [0.1, 0.15) is 34.6 Å². The maximum atomic E-state index is 12.7. The molecular formula is C25H52N4O8Si2. The molecule has 2 amide bonds. The summed E-state index contributed by atoms with van der Waals surface area (Å²) in [5, 5.41) is 0. The van der Waals surface area contributed by atoms with Gasteiger partial charge in [0.15, 0.2) is 0 Å². The van der Waals surface area contributed by atoms with Gasteiger partial charge >= 0.3 is 29.3 Å². The molecular weight excluding hydrogens is 540 g/mol. The van der Waals surface area contributed by atoms with Crippen molar-refractivity contribution in [3.8, 4) is 0 Å². The van der Waals surface area contributed by atoms with Crippen molar-refractivity contribution in [1.29, 1.82) is 0 Å². The number of hydrogen-bond acceptors (Lipinski definition) is 10. The summed E-state index contributed by atoms with van der Waals surface area (Å²) in [5.74, 6) is 0. The Morgan fingerprint density at radius 2 is 1.00 bits per heavy atom. The summed E-state index contributed by atoms with van der Waals surface area (Å²) in [5.41, 5.74) is 0. The normalized spacial score (nSPS) is 18.7. The number of carbonyl (C=O) groups is 2. The van der Waals surface area contributed by atoms with Crippen molar-refractivity contribution < 1.29 is 36.8 Å². The van der Waals surface area contributed by atoms with E-state index in [0.717, 1.165) is 38.5 Å². The van der Waals surface area contributed by atoms with Crippen molar-refractivity contribution in [1.82, 2.24) is 19.6 Å². The highest BCUT2D eigenvalue weighted by molar-refractivity contribution is 6.66. The molecule has 0 N–H and O–H groups in total. The highest BCUT2D eigenvalue weighted by atomic mass is 28.4. The predicted molar refractivity (Wildman–Crippen MR) is 153 cm³/mol. The fourth-order valence-corrected chi connectivity index (χ4v) is 10.3. The molecule has 1 unspecified atom stereocenters. The molecule has 0 aromatic rings. The first-order valence-corrected chi connectivity index (χ1v) is 19.5. The zero-order valence-electron chi connectivity index (χ0n) is 25.2. The summed E-state index contributed by atoms with van der Waals surface area (Å²) in [4.78, 5) is 33.3. The molecule has 14 heteroatoms. The average molecular weight is 593 g/mol. The summed E-state index contributed by atoms with van der Waals surface area (Å²) in [6, 6.07) is 0. The van der Waals surface area contributed by atoms with Crippen molar-refractivity contribution in [2.24, 2.45) is 0 Å². The lowest BCUT2D eigenvalue weighted by atomic mass is 10.3. The van der Waals surface area contributed by atoms with Crippen molar-refractivity contribution >= 4 is 29.3 Å². The zero-order chi connectivity index (χ0) is 28.9. The molecule has 0 saturated carbocycles. The van der Waals surface area contributed by atoms with E-state index in [9.17, 15) is 9.59 Å². The second kappa shape index (κ2) is 16.9. The monoisotopic (exact) mass is 592 g/mol. The molecule has 12 nitrogen and oxygen atoms in total. The fraction of sp³-hybridized carbons (Fsp3) is 0.920. The Kier molecular flexibility index (Phi) is 14.7. The molecule has 1 atom stereocenters. The molecule has 228 valence electrons. The van der Waals surface area contributed by atoms with E-state index in [4.69, 9.17) is 27.2 Å². The van der Waals surface area contributed by atoms with E-state index in [0.29, 0.717) is 52.6 Å². The first-order valence-electron chi connectivity index (χ1n) is 14.4. The van der Waals surface area contributed by atoms with E-state index in [1.807, 2.05) is 27.7 Å². The standard InChI is InChI=1S/C25H52N4O8Si2/c1-8-33-38(6,34-9-2)21-26-12-16-28(17-13-26)24(30)32-20-23(5)37-25(31)29-18-14-27(15-19-29)22-39(7,35-10-3)36-11-4/h23H,8-22H2,1-7H3. The van der Waals surface area contributed by atoms with Crippen LogP contribution in [0, 0.1) is 0 Å². The number of nitrogens with zero attached hydrogens (tertiary/aromatic N) is 4. The van der Waals surface area contributed by atoms with Crippen LogP contribution < -0.4 is 0 Å². The molecule has 2 heterocycles. The fourth-order valence-electron chi connectivity index (χ4n) is 5.04. The lowest BCUT2D eigenvalue weighted by Crippen LogP contribution is -2.56. The molecule has 2 fully saturated rings. The lowest BCUT2D eigenvalue weighted by Gasteiger charge is -2.38. The zero-order valence-corrected chi connectivity index (χ0v) is 27.2. The van der Waals surface area contributed by atoms with Gasteiger partial charge in [0.05, 0.1) is 0 Å². The third kappa shape index (κ3) is 11.6. The van der Waals surface area contributed by atoms with Gasteiger partial charge in [-0.3, -0.25) is 9.80 Å². The van der Waals surface area contributed by atoms with Crippen molar-refractivity contribution in [3.63, 3.8) is 0 Å². The molecule has 0 aliphatic carbocycles. The topological polar surface area (TPSA) is 102 Å². The summed E-state index contributed by atoms with van der Waals surface area (Å²) in [6.45, 7) is 21.7. The largest absolute Gasteiger partial charge is 0.445 e. The van der Waals surface area contributed by atoms with Gasteiger partial charge in [0.25, 0.3) is 0 Å². The van der Waals surface area contributed by atoms with Crippen LogP contribution >= 0.6 is 0 Å². The smallest absolute Gasteiger partial charge is 0.410 e. The highest BCUT2D eigenvalue weighted by Crippen LogP contribution is 2.15. The molecule has 2 saturated heterocycles. The Hall–Kier alpha value is -1.27. The molecule has 0 aromatic heterocycles. The maximum Gasteiger partial charge on any atom is 0.410 e. The number of piperazine rings is 2. The Morgan fingerprint density at radius 3 is 1.36 bits per heavy atom. The van der Waals surface area contributed by atoms with Gasteiger partial charge in [-0.2, -0.15) is 0 Å². The minimum atomic E-state index is -2.24. The third-order valence-corrected chi connectivity index (χ3v) is 12.5. The number of ether oxygens (including phenoxy) is 2. The van der Waals surface area contributed by atoms with E-state index >= 15 is 0 Å². The van der Waals surface area contributed by atoms with Crippen LogP contribution in [0.4, 0.5) is 9.59 Å². The summed E-state index contributed by atoms with van der Waals surface area (Å²) < 4.78 is 34.8. The van der Waals surface area contributed by atoms with E-state index in [1.54, 1.807) is 16.7 Å². The molecule has 39 heavy (non-hydrogen) atoms. The van der Waals surface area contributed by atoms with Gasteiger partial charge < -0.3 is 37.0 Å². The first kappa shape index (κ1) is 33.9. The number of amides is 2. The van der Waals surface area contributed by atoms with Gasteiger partial charge in [0, 0.05) is 91.1 Å². The highest BCUT2D eigenvalue weighted by Gasteiger charge is 2.36. The second-order valence-electron chi connectivity index (χ2n) is 10.3. The van der Waals surface area contributed by atoms with E-state index in [1.165, 1.54) is 0 Å². The maximum absolute atomic E-state index is 12.7. The van der Waals surface area contributed by atoms with E-state index in [2.05, 4.69) is 22.9 Å². The quantitative estimate of drug-likeness (QED) is 0.263. The van der Waals surface area contributed by atoms with Gasteiger partial charge in [-0.15, -0.1) is 0 Å². The van der Waals surface area contributed by atoms with Crippen LogP contribution in [0.25, 0.3) is 0 Å². The Labute approximate surface area is 237 Å². The van der Waals surface area contributed by atoms with Crippen molar-refractivity contribution in [2.45, 2.75) is 53.8 Å². The van der Waals surface area contributed by atoms with Crippen molar-refractivity contribution in [3.05, 3.63) is 0 Å². The molecule has 2 aliphatic rings. The van der Waals surface area contributed by atoms with E-state index in [-0.39, 0.29) is 18.8 Å². The molecule has 2 aliphatic heterocycles. The number of rotatable bonds is 15. The van der Waals surface area contributed by atoms with Gasteiger partial charge in [0.2, 0.25) is 0 Å². The van der Waals surface area contributed by atoms with Crippen LogP contribution in [0.15, 0.2) is 0 Å². The Morgan fingerprint density at radius 1 is 0.641 bits per heavy atom. The summed E-state index contributed by atoms with van der Waals surface area (Å²) in [7, 11) is -4.48. The second-order valence-corrected chi connectivity index (χ2v) is 16.6. The summed E-state index contributed by atoms with van der Waals surface area (Å²) in [6.07, 6.45) is 0.266. The molecule has 0 spiro atoms. The van der Waals surface area contributed by atoms with Crippen LogP contribution in [-0.2, 0) is 27.2 Å². The number of hydrogen-bond donors (Lipinski definition) is 0. The van der Waals surface area contributed by atoms with Crippen LogP contribution in [-0.4, -0.2) is 153 Å². The third-order valence-electron chi connectivity index (χ3n) is 6.82. The van der Waals surface area contributed by atoms with Gasteiger partial charge in [-0.1, -0.05) is 0 Å². The van der Waals surface area contributed by atoms with Gasteiger partial charge in [-0.25, -0.2) is 9.59 Å². The van der Waals surface area contributed by atoms with Crippen LogP contribution in [0.5, 0.6) is 0 Å². The molecule has 0 radical (unpaired) electrons. The molecule has 0 aromatic carbocycles. The first-order chi connectivity index (χ1) is 18.6. The summed E-state index contributed by atoms with van der Waals surface area (Å²) >= 11 is 0. The lowest BCUT2D eigenvalue weighted by molar-refractivity contribution is 0.0127. The number of carbonyl (C=O) groups excluding carboxylic acids is 2. The molecule has 2 rings (SSSR count). The van der Waals surface area contributed by atoms with Gasteiger partial charge in [-0.05, 0) is 47.7 Å². The Bertz CT molecular complexity index is 725. The average Bonchev–Trinajstić information content (AvgIpc) is 2.88. The van der Waals surface area contributed by atoms with E-state index < -0.39 is 23.2 Å². The van der Waals surface area contributed by atoms with Crippen molar-refractivity contribution in [2.75, 3.05) is 97.7 Å². The molecule has 0 bridgehead atoms. The van der Waals surface area contributed by atoms with Crippen LogP contribution in [0.3, 0.4) is 0 Å². The SMILES string of the molecule is CCO[Si](C)(CN1CCN(C(=O)OCC(C)OC(=O)N2CCN(C[Si](C)(OCC)OCC)CC2)CC1)OCC. The predicted octanol–water partition coefficient (Wildman–Crippen LogP) is 2.25.